The predicted octanol–water partition coefficient (Wildman–Crippen LogP) is 5.90. The minimum atomic E-state index is -0.207. The molecule has 40 heavy (non-hydrogen) atoms. The Kier molecular flexibility index (Phi) is 7.32. The Bertz CT molecular complexity index is 1890. The van der Waals surface area contributed by atoms with Crippen LogP contribution in [0.4, 0.5) is 0 Å². The molecule has 0 unspecified atom stereocenters. The quantitative estimate of drug-likeness (QED) is 0.212. The molecule has 0 bridgehead atoms. The zero-order valence-electron chi connectivity index (χ0n) is 22.0. The molecule has 7 nitrogen and oxygen atoms in total. The Morgan fingerprint density at radius 2 is 1.73 bits per heavy atom. The van der Waals surface area contributed by atoms with Crippen LogP contribution in [-0.2, 0) is 0 Å². The molecule has 0 aliphatic carbocycles. The van der Waals surface area contributed by atoms with E-state index in [-0.39, 0.29) is 5.56 Å². The molecule has 0 fully saturated rings. The molecule has 198 valence electrons. The summed E-state index contributed by atoms with van der Waals surface area (Å²) >= 11 is 1.31. The van der Waals surface area contributed by atoms with E-state index in [0.29, 0.717) is 21.9 Å². The van der Waals surface area contributed by atoms with Gasteiger partial charge in [-0.3, -0.25) is 4.79 Å². The highest BCUT2D eigenvalue weighted by atomic mass is 32.1. The number of para-hydroxylation sites is 1. The molecule has 8 heteroatoms. The molecule has 0 atom stereocenters. The van der Waals surface area contributed by atoms with Crippen molar-refractivity contribution in [3.63, 3.8) is 0 Å². The summed E-state index contributed by atoms with van der Waals surface area (Å²) in [4.78, 5) is 18.4. The van der Waals surface area contributed by atoms with Crippen LogP contribution in [0.5, 0.6) is 5.75 Å². The van der Waals surface area contributed by atoms with Gasteiger partial charge in [0.1, 0.15) is 11.4 Å². The molecule has 0 amide bonds. The fourth-order valence-electron chi connectivity index (χ4n) is 4.29. The summed E-state index contributed by atoms with van der Waals surface area (Å²) in [7, 11) is 0. The lowest BCUT2D eigenvalue weighted by Gasteiger charge is -2.07. The number of nitrogens with zero attached hydrogens (tertiary/aromatic N) is 5. The van der Waals surface area contributed by atoms with E-state index in [1.807, 2.05) is 114 Å². The molecular formula is C32H27N5O2S. The van der Waals surface area contributed by atoms with E-state index < -0.39 is 0 Å². The Balaban J connectivity index is 1.39. The SMILES string of the molecule is CCCCOc1cccc(-c2nn(-c3ccccc3)cc2/C=c2\sc3nc(/C=C/c4ccccc4)nn3c2=O)c1. The minimum Gasteiger partial charge on any atom is -0.494 e. The first-order valence-electron chi connectivity index (χ1n) is 13.2. The standard InChI is InChI=1S/C32H27N5O2S/c1-2-3-19-39-27-16-10-13-24(20-27)30-25(22-36(35-30)26-14-8-5-9-15-26)21-28-31(38)37-32(40-28)33-29(34-37)18-17-23-11-6-4-7-12-23/h4-18,20-22H,2-3,19H2,1H3/b18-17+,28-21-. The summed E-state index contributed by atoms with van der Waals surface area (Å²) in [6.07, 6.45) is 9.63. The molecule has 6 rings (SSSR count). The largest absolute Gasteiger partial charge is 0.494 e. The molecule has 0 N–H and O–H groups in total. The molecular weight excluding hydrogens is 518 g/mol. The normalized spacial score (nSPS) is 12.1. The van der Waals surface area contributed by atoms with Crippen LogP contribution in [-0.4, -0.2) is 31.0 Å². The topological polar surface area (TPSA) is 74.3 Å². The molecule has 0 saturated heterocycles. The van der Waals surface area contributed by atoms with Gasteiger partial charge in [0.2, 0.25) is 4.96 Å². The molecule has 3 aromatic carbocycles. The number of thiazole rings is 1. The molecule has 0 saturated carbocycles. The molecule has 0 aliphatic rings. The van der Waals surface area contributed by atoms with Gasteiger partial charge in [0.25, 0.3) is 5.56 Å². The maximum absolute atomic E-state index is 13.3. The van der Waals surface area contributed by atoms with E-state index in [1.54, 1.807) is 0 Å². The van der Waals surface area contributed by atoms with Gasteiger partial charge in [-0.05, 0) is 48.4 Å². The van der Waals surface area contributed by atoms with Crippen LogP contribution in [0.2, 0.25) is 0 Å². The lowest BCUT2D eigenvalue weighted by Crippen LogP contribution is -2.23. The van der Waals surface area contributed by atoms with E-state index in [9.17, 15) is 4.79 Å². The summed E-state index contributed by atoms with van der Waals surface area (Å²) in [5.41, 5.74) is 4.26. The van der Waals surface area contributed by atoms with Gasteiger partial charge in [-0.1, -0.05) is 91.4 Å². The number of ether oxygens (including phenoxy) is 1. The molecule has 6 aromatic rings. The van der Waals surface area contributed by atoms with Crippen molar-refractivity contribution in [3.8, 4) is 22.7 Å². The second-order valence-electron chi connectivity index (χ2n) is 9.27. The minimum absolute atomic E-state index is 0.207. The van der Waals surface area contributed by atoms with Gasteiger partial charge in [-0.2, -0.15) is 14.6 Å². The zero-order chi connectivity index (χ0) is 27.3. The Hall–Kier alpha value is -4.82. The first-order chi connectivity index (χ1) is 19.7. The fraction of sp³-hybridized carbons (Fsp3) is 0.125. The smallest absolute Gasteiger partial charge is 0.291 e. The molecule has 3 heterocycles. The monoisotopic (exact) mass is 545 g/mol. The van der Waals surface area contributed by atoms with Gasteiger partial charge < -0.3 is 4.74 Å². The van der Waals surface area contributed by atoms with Crippen LogP contribution in [0.3, 0.4) is 0 Å². The third-order valence-corrected chi connectivity index (χ3v) is 7.31. The van der Waals surface area contributed by atoms with Gasteiger partial charge >= 0.3 is 0 Å². The number of rotatable bonds is 9. The van der Waals surface area contributed by atoms with Crippen LogP contribution >= 0.6 is 11.3 Å². The highest BCUT2D eigenvalue weighted by Crippen LogP contribution is 2.28. The van der Waals surface area contributed by atoms with Gasteiger partial charge in [0.05, 0.1) is 16.8 Å². The average molecular weight is 546 g/mol. The Morgan fingerprint density at radius 1 is 0.925 bits per heavy atom. The Morgan fingerprint density at radius 3 is 2.50 bits per heavy atom. The third kappa shape index (κ3) is 5.48. The molecule has 3 aromatic heterocycles. The van der Waals surface area contributed by atoms with Crippen LogP contribution in [0.15, 0.2) is 95.9 Å². The predicted molar refractivity (Wildman–Crippen MR) is 161 cm³/mol. The number of hydrogen-bond acceptors (Lipinski definition) is 6. The summed E-state index contributed by atoms with van der Waals surface area (Å²) in [6, 6.07) is 27.8. The highest BCUT2D eigenvalue weighted by Gasteiger charge is 2.14. The zero-order valence-corrected chi connectivity index (χ0v) is 22.8. The van der Waals surface area contributed by atoms with Gasteiger partial charge in [0.15, 0.2) is 5.82 Å². The number of unbranched alkanes of at least 4 members (excludes halogenated alkanes) is 1. The second-order valence-corrected chi connectivity index (χ2v) is 10.3. The summed E-state index contributed by atoms with van der Waals surface area (Å²) < 4.78 is 9.69. The van der Waals surface area contributed by atoms with Crippen LogP contribution in [0, 0.1) is 0 Å². The van der Waals surface area contributed by atoms with Crippen LogP contribution in [0.1, 0.15) is 36.7 Å². The van der Waals surface area contributed by atoms with Crippen molar-refractivity contribution in [2.24, 2.45) is 0 Å². The number of hydrogen-bond donors (Lipinski definition) is 0. The van der Waals surface area contributed by atoms with Gasteiger partial charge in [-0.15, -0.1) is 5.10 Å². The highest BCUT2D eigenvalue weighted by molar-refractivity contribution is 7.15. The van der Waals surface area contributed by atoms with Gasteiger partial charge in [-0.25, -0.2) is 4.68 Å². The lowest BCUT2D eigenvalue weighted by molar-refractivity contribution is 0.309. The maximum Gasteiger partial charge on any atom is 0.291 e. The van der Waals surface area contributed by atoms with E-state index in [4.69, 9.17) is 9.84 Å². The number of fused-ring (bicyclic) bond motifs is 1. The second kappa shape index (κ2) is 11.5. The fourth-order valence-corrected chi connectivity index (χ4v) is 5.20. The van der Waals surface area contributed by atoms with E-state index in [1.165, 1.54) is 15.9 Å². The van der Waals surface area contributed by atoms with Crippen molar-refractivity contribution in [1.29, 1.82) is 0 Å². The van der Waals surface area contributed by atoms with Crippen molar-refractivity contribution in [2.45, 2.75) is 19.8 Å². The van der Waals surface area contributed by atoms with Gasteiger partial charge in [0, 0.05) is 17.3 Å². The average Bonchev–Trinajstić information content (AvgIpc) is 3.68. The van der Waals surface area contributed by atoms with Crippen molar-refractivity contribution in [1.82, 2.24) is 24.4 Å². The van der Waals surface area contributed by atoms with E-state index in [2.05, 4.69) is 17.0 Å². The van der Waals surface area contributed by atoms with Crippen LogP contribution < -0.4 is 14.8 Å². The molecule has 0 aliphatic heterocycles. The van der Waals surface area contributed by atoms with E-state index in [0.717, 1.165) is 46.7 Å². The van der Waals surface area contributed by atoms with Crippen molar-refractivity contribution in [2.75, 3.05) is 6.61 Å². The lowest BCUT2D eigenvalue weighted by atomic mass is 10.1. The summed E-state index contributed by atoms with van der Waals surface area (Å²) in [5, 5.41) is 9.34. The Labute approximate surface area is 235 Å². The van der Waals surface area contributed by atoms with Crippen LogP contribution in [0.25, 0.3) is 40.1 Å². The first-order valence-corrected chi connectivity index (χ1v) is 14.0. The molecule has 0 radical (unpaired) electrons. The van der Waals surface area contributed by atoms with Crippen molar-refractivity contribution in [3.05, 3.63) is 123 Å². The third-order valence-electron chi connectivity index (χ3n) is 6.35. The van der Waals surface area contributed by atoms with Crippen molar-refractivity contribution < 1.29 is 4.74 Å². The number of aromatic nitrogens is 5. The van der Waals surface area contributed by atoms with E-state index >= 15 is 0 Å². The molecule has 0 spiro atoms. The maximum atomic E-state index is 13.3. The van der Waals surface area contributed by atoms with Crippen molar-refractivity contribution >= 4 is 34.5 Å². The summed E-state index contributed by atoms with van der Waals surface area (Å²) in [6.45, 7) is 2.81. The first kappa shape index (κ1) is 25.5. The number of benzene rings is 3. The summed E-state index contributed by atoms with van der Waals surface area (Å²) in [5.74, 6) is 1.29.